The first-order valence-corrected chi connectivity index (χ1v) is 12.3. The van der Waals surface area contributed by atoms with Gasteiger partial charge in [0.05, 0.1) is 13.0 Å². The summed E-state index contributed by atoms with van der Waals surface area (Å²) in [4.78, 5) is 21.9. The van der Waals surface area contributed by atoms with Crippen LogP contribution in [-0.2, 0) is 33.8 Å². The summed E-state index contributed by atoms with van der Waals surface area (Å²) in [5.74, 6) is -2.11. The number of ether oxygens (including phenoxy) is 3. The molecule has 1 N–H and O–H groups in total. The summed E-state index contributed by atoms with van der Waals surface area (Å²) in [6.45, 7) is 1.73. The topological polar surface area (TPSA) is 73.9 Å². The van der Waals surface area contributed by atoms with Gasteiger partial charge in [-0.25, -0.2) is 4.79 Å². The van der Waals surface area contributed by atoms with E-state index in [2.05, 4.69) is 10.1 Å². The quantitative estimate of drug-likeness (QED) is 0.171. The minimum absolute atomic E-state index is 0.118. The van der Waals surface area contributed by atoms with E-state index in [0.717, 1.165) is 47.5 Å². The predicted octanol–water partition coefficient (Wildman–Crippen LogP) is 5.43. The van der Waals surface area contributed by atoms with Crippen molar-refractivity contribution in [2.45, 2.75) is 38.5 Å². The van der Waals surface area contributed by atoms with E-state index < -0.39 is 18.1 Å². The van der Waals surface area contributed by atoms with Crippen molar-refractivity contribution in [1.82, 2.24) is 5.32 Å². The fourth-order valence-electron chi connectivity index (χ4n) is 3.52. The Labute approximate surface area is 219 Å². The average molecular weight is 530 g/mol. The molecule has 3 aromatic rings. The van der Waals surface area contributed by atoms with Crippen molar-refractivity contribution in [2.24, 2.45) is 0 Å². The zero-order valence-corrected chi connectivity index (χ0v) is 20.8. The van der Waals surface area contributed by atoms with Crippen molar-refractivity contribution in [2.75, 3.05) is 19.7 Å². The normalized spacial score (nSPS) is 11.1. The summed E-state index contributed by atoms with van der Waals surface area (Å²) >= 11 is 0. The molecule has 0 atom stereocenters. The van der Waals surface area contributed by atoms with Gasteiger partial charge in [0.25, 0.3) is 0 Å². The van der Waals surface area contributed by atoms with Crippen molar-refractivity contribution in [3.8, 4) is 11.5 Å². The number of hydrogen-bond acceptors (Lipinski definition) is 6. The molecule has 0 aliphatic carbocycles. The third-order valence-corrected chi connectivity index (χ3v) is 5.49. The Kier molecular flexibility index (Phi) is 11.2. The molecule has 0 fully saturated rings. The van der Waals surface area contributed by atoms with E-state index in [0.29, 0.717) is 19.8 Å². The van der Waals surface area contributed by atoms with Gasteiger partial charge in [-0.1, -0.05) is 54.6 Å². The van der Waals surface area contributed by atoms with Crippen LogP contribution >= 0.6 is 0 Å². The Morgan fingerprint density at radius 2 is 1.47 bits per heavy atom. The molecular weight excluding hydrogens is 499 g/mol. The lowest BCUT2D eigenvalue weighted by atomic mass is 10.1. The largest absolute Gasteiger partial charge is 0.493 e. The summed E-state index contributed by atoms with van der Waals surface area (Å²) in [5, 5.41) is 2.95. The fraction of sp³-hybridized carbons (Fsp3) is 0.310. The highest BCUT2D eigenvalue weighted by Gasteiger charge is 2.42. The third kappa shape index (κ3) is 10.6. The monoisotopic (exact) mass is 529 g/mol. The minimum Gasteiger partial charge on any atom is -0.493 e. The number of aryl methyl sites for hydroxylation is 1. The first kappa shape index (κ1) is 28.7. The fourth-order valence-corrected chi connectivity index (χ4v) is 3.52. The van der Waals surface area contributed by atoms with Gasteiger partial charge in [-0.05, 0) is 60.3 Å². The average Bonchev–Trinajstić information content (AvgIpc) is 2.90. The second-order valence-corrected chi connectivity index (χ2v) is 8.53. The van der Waals surface area contributed by atoms with Crippen LogP contribution in [0.4, 0.5) is 13.2 Å². The van der Waals surface area contributed by atoms with Gasteiger partial charge >= 0.3 is 18.1 Å². The molecule has 0 unspecified atom stereocenters. The van der Waals surface area contributed by atoms with Crippen LogP contribution in [0.3, 0.4) is 0 Å². The van der Waals surface area contributed by atoms with E-state index in [1.165, 1.54) is 0 Å². The molecule has 0 radical (unpaired) electrons. The molecule has 0 aromatic heterocycles. The molecule has 0 bridgehead atoms. The van der Waals surface area contributed by atoms with Gasteiger partial charge < -0.3 is 19.5 Å². The second kappa shape index (κ2) is 14.8. The molecule has 0 heterocycles. The van der Waals surface area contributed by atoms with Crippen LogP contribution < -0.4 is 14.8 Å². The molecule has 6 nitrogen and oxygen atoms in total. The van der Waals surface area contributed by atoms with Crippen LogP contribution in [0.2, 0.25) is 0 Å². The summed E-state index contributed by atoms with van der Waals surface area (Å²) in [6.07, 6.45) is -3.24. The van der Waals surface area contributed by atoms with Crippen molar-refractivity contribution in [3.63, 3.8) is 0 Å². The number of halogens is 3. The maximum absolute atomic E-state index is 12.1. The number of alkyl halides is 3. The first-order valence-electron chi connectivity index (χ1n) is 12.3. The first-order chi connectivity index (χ1) is 18.3. The molecule has 38 heavy (non-hydrogen) atoms. The summed E-state index contributed by atoms with van der Waals surface area (Å²) in [7, 11) is 0. The SMILES string of the molecule is O=C(CCNCCCc1cccc(OCCc2ccc(OCc3ccccc3)cc2)c1)OC(=O)C(F)(F)F. The van der Waals surface area contributed by atoms with Crippen LogP contribution in [0.25, 0.3) is 0 Å². The number of esters is 2. The van der Waals surface area contributed by atoms with E-state index in [9.17, 15) is 22.8 Å². The molecule has 0 spiro atoms. The molecule has 0 aliphatic heterocycles. The number of rotatable bonds is 14. The molecule has 202 valence electrons. The predicted molar refractivity (Wildman–Crippen MR) is 136 cm³/mol. The molecule has 0 amide bonds. The van der Waals surface area contributed by atoms with Crippen LogP contribution in [0.1, 0.15) is 29.5 Å². The molecule has 3 rings (SSSR count). The van der Waals surface area contributed by atoms with E-state index in [-0.39, 0.29) is 13.0 Å². The van der Waals surface area contributed by atoms with Gasteiger partial charge in [0.15, 0.2) is 0 Å². The van der Waals surface area contributed by atoms with Gasteiger partial charge in [0.1, 0.15) is 18.1 Å². The van der Waals surface area contributed by atoms with E-state index in [1.807, 2.05) is 78.9 Å². The Bertz CT molecular complexity index is 1150. The van der Waals surface area contributed by atoms with E-state index in [1.54, 1.807) is 0 Å². The van der Waals surface area contributed by atoms with Crippen molar-refractivity contribution in [1.29, 1.82) is 0 Å². The standard InChI is InChI=1S/C29H30F3NO5/c30-29(31,32)28(35)38-27(34)15-18-33-17-5-9-23-8-4-10-26(20-23)36-19-16-22-11-13-25(14-12-22)37-21-24-6-2-1-3-7-24/h1-4,6-8,10-14,20,33H,5,9,15-19,21H2. The Hall–Kier alpha value is -3.85. The van der Waals surface area contributed by atoms with Crippen molar-refractivity contribution >= 4 is 11.9 Å². The van der Waals surface area contributed by atoms with Gasteiger partial charge in [-0.3, -0.25) is 4.79 Å². The Morgan fingerprint density at radius 3 is 2.21 bits per heavy atom. The maximum Gasteiger partial charge on any atom is 0.491 e. The molecule has 3 aromatic carbocycles. The minimum atomic E-state index is -5.18. The summed E-state index contributed by atoms with van der Waals surface area (Å²) < 4.78 is 51.6. The number of nitrogens with one attached hydrogen (secondary N) is 1. The highest BCUT2D eigenvalue weighted by Crippen LogP contribution is 2.18. The van der Waals surface area contributed by atoms with Gasteiger partial charge in [0, 0.05) is 13.0 Å². The molecule has 0 saturated heterocycles. The molecular formula is C29H30F3NO5. The van der Waals surface area contributed by atoms with Crippen LogP contribution in [-0.4, -0.2) is 37.8 Å². The van der Waals surface area contributed by atoms with Gasteiger partial charge in [-0.15, -0.1) is 0 Å². The lowest BCUT2D eigenvalue weighted by molar-refractivity contribution is -0.201. The zero-order chi connectivity index (χ0) is 27.2. The lowest BCUT2D eigenvalue weighted by Gasteiger charge is -2.10. The zero-order valence-electron chi connectivity index (χ0n) is 20.8. The van der Waals surface area contributed by atoms with E-state index >= 15 is 0 Å². The van der Waals surface area contributed by atoms with Crippen LogP contribution in [0.15, 0.2) is 78.9 Å². The highest BCUT2D eigenvalue weighted by atomic mass is 19.4. The number of hydrogen-bond donors (Lipinski definition) is 1. The Balaban J connectivity index is 1.29. The van der Waals surface area contributed by atoms with Gasteiger partial charge in [0.2, 0.25) is 0 Å². The lowest BCUT2D eigenvalue weighted by Crippen LogP contribution is -2.29. The molecule has 0 saturated carbocycles. The highest BCUT2D eigenvalue weighted by molar-refractivity contribution is 5.88. The number of carbonyl (C=O) groups excluding carboxylic acids is 2. The number of carbonyl (C=O) groups is 2. The summed E-state index contributed by atoms with van der Waals surface area (Å²) in [5.41, 5.74) is 3.34. The van der Waals surface area contributed by atoms with Crippen molar-refractivity contribution < 1.29 is 37.0 Å². The van der Waals surface area contributed by atoms with Crippen LogP contribution in [0, 0.1) is 0 Å². The van der Waals surface area contributed by atoms with E-state index in [4.69, 9.17) is 9.47 Å². The van der Waals surface area contributed by atoms with Gasteiger partial charge in [-0.2, -0.15) is 13.2 Å². The smallest absolute Gasteiger partial charge is 0.491 e. The molecule has 9 heteroatoms. The third-order valence-electron chi connectivity index (χ3n) is 5.49. The molecule has 0 aliphatic rings. The number of benzene rings is 3. The van der Waals surface area contributed by atoms with Crippen molar-refractivity contribution in [3.05, 3.63) is 95.6 Å². The summed E-state index contributed by atoms with van der Waals surface area (Å²) in [6, 6.07) is 25.7. The second-order valence-electron chi connectivity index (χ2n) is 8.53. The van der Waals surface area contributed by atoms with Crippen LogP contribution in [0.5, 0.6) is 11.5 Å². The Morgan fingerprint density at radius 1 is 0.737 bits per heavy atom. The maximum atomic E-state index is 12.1.